The molecule has 1 rings (SSSR count). The smallest absolute Gasteiger partial charge is 0.360 e. The number of rotatable bonds is 7. The van der Waals surface area contributed by atoms with Crippen molar-refractivity contribution in [3.8, 4) is 0 Å². The number of carbonyl (C=O) groups is 3. The number of hydrogen-bond acceptors (Lipinski definition) is 8. The zero-order valence-corrected chi connectivity index (χ0v) is 14.8. The molecule has 0 aliphatic heterocycles. The Morgan fingerprint density at radius 2 is 1.96 bits per heavy atom. The van der Waals surface area contributed by atoms with E-state index in [2.05, 4.69) is 15.5 Å². The minimum absolute atomic E-state index is 0.00293. The standard InChI is InChI=1S/C14H19N3O6S/c1-13(2,3)22-11(21)14(4,5)23-17-9(10(19)20)8-6-24-12(16-8)15-7-18/h6-7H,1-5H3,(H,19,20)(H,15,16,18)/b17-9-. The van der Waals surface area contributed by atoms with Crippen molar-refractivity contribution >= 4 is 40.5 Å². The summed E-state index contributed by atoms with van der Waals surface area (Å²) in [5.41, 5.74) is -2.71. The first-order valence-electron chi connectivity index (χ1n) is 6.85. The Balaban J connectivity index is 2.98. The molecule has 1 aromatic heterocycles. The maximum Gasteiger partial charge on any atom is 0.360 e. The van der Waals surface area contributed by atoms with Crippen LogP contribution >= 0.6 is 11.3 Å². The topological polar surface area (TPSA) is 127 Å². The molecule has 1 aromatic rings. The number of nitrogens with one attached hydrogen (secondary N) is 1. The highest BCUT2D eigenvalue weighted by atomic mass is 32.1. The maximum absolute atomic E-state index is 12.1. The first-order chi connectivity index (χ1) is 11.0. The number of nitrogens with zero attached hydrogens (tertiary/aromatic N) is 2. The quantitative estimate of drug-likeness (QED) is 0.328. The van der Waals surface area contributed by atoms with E-state index in [1.807, 2.05) is 0 Å². The van der Waals surface area contributed by atoms with Crippen molar-refractivity contribution in [3.05, 3.63) is 11.1 Å². The van der Waals surface area contributed by atoms with Gasteiger partial charge in [0.1, 0.15) is 11.3 Å². The number of esters is 1. The second kappa shape index (κ2) is 7.39. The number of thiazole rings is 1. The van der Waals surface area contributed by atoms with Gasteiger partial charge in [-0.1, -0.05) is 5.16 Å². The van der Waals surface area contributed by atoms with Crippen molar-refractivity contribution in [3.63, 3.8) is 0 Å². The number of carboxylic acid groups (broad SMARTS) is 1. The third-order valence-corrected chi connectivity index (χ3v) is 3.16. The van der Waals surface area contributed by atoms with Crippen LogP contribution in [0.15, 0.2) is 10.5 Å². The highest BCUT2D eigenvalue weighted by Crippen LogP contribution is 2.19. The SMILES string of the molecule is CC(C)(C)OC(=O)C(C)(C)O/N=C(\C(=O)O)c1csc(NC=O)n1. The van der Waals surface area contributed by atoms with E-state index in [9.17, 15) is 19.5 Å². The number of anilines is 1. The zero-order chi connectivity index (χ0) is 18.5. The minimum atomic E-state index is -1.49. The second-order valence-electron chi connectivity index (χ2n) is 6.15. The van der Waals surface area contributed by atoms with E-state index in [0.717, 1.165) is 11.3 Å². The predicted molar refractivity (Wildman–Crippen MR) is 87.0 cm³/mol. The van der Waals surface area contributed by atoms with E-state index in [0.29, 0.717) is 6.41 Å². The molecule has 0 atom stereocenters. The van der Waals surface area contributed by atoms with Crippen LogP contribution in [0, 0.1) is 0 Å². The van der Waals surface area contributed by atoms with Gasteiger partial charge in [0.25, 0.3) is 0 Å². The molecule has 0 aliphatic rings. The summed E-state index contributed by atoms with van der Waals surface area (Å²) >= 11 is 1.02. The number of amides is 1. The number of carboxylic acids is 1. The summed E-state index contributed by atoms with van der Waals surface area (Å²) in [5, 5.41) is 16.7. The average Bonchev–Trinajstić information content (AvgIpc) is 2.85. The molecule has 0 saturated carbocycles. The fraction of sp³-hybridized carbons (Fsp3) is 0.500. The molecule has 0 radical (unpaired) electrons. The van der Waals surface area contributed by atoms with Gasteiger partial charge in [-0.25, -0.2) is 14.6 Å². The average molecular weight is 357 g/mol. The van der Waals surface area contributed by atoms with Gasteiger partial charge in [0.2, 0.25) is 17.7 Å². The van der Waals surface area contributed by atoms with Crippen LogP contribution in [-0.2, 0) is 24.0 Å². The van der Waals surface area contributed by atoms with E-state index < -0.39 is 28.9 Å². The van der Waals surface area contributed by atoms with Gasteiger partial charge < -0.3 is 20.0 Å². The van der Waals surface area contributed by atoms with Gasteiger partial charge in [0.05, 0.1) is 0 Å². The Hall–Kier alpha value is -2.49. The van der Waals surface area contributed by atoms with Gasteiger partial charge in [-0.05, 0) is 34.6 Å². The molecular weight excluding hydrogens is 338 g/mol. The predicted octanol–water partition coefficient (Wildman–Crippen LogP) is 1.64. The van der Waals surface area contributed by atoms with Crippen LogP contribution in [0.4, 0.5) is 5.13 Å². The Morgan fingerprint density at radius 3 is 2.46 bits per heavy atom. The zero-order valence-electron chi connectivity index (χ0n) is 13.9. The van der Waals surface area contributed by atoms with Crippen LogP contribution in [0.3, 0.4) is 0 Å². The molecule has 0 aromatic carbocycles. The molecule has 10 heteroatoms. The summed E-state index contributed by atoms with van der Waals surface area (Å²) in [6.45, 7) is 7.91. The van der Waals surface area contributed by atoms with Crippen LogP contribution in [0.2, 0.25) is 0 Å². The van der Waals surface area contributed by atoms with Gasteiger partial charge >= 0.3 is 11.9 Å². The third-order valence-electron chi connectivity index (χ3n) is 2.39. The molecule has 0 unspecified atom stereocenters. The van der Waals surface area contributed by atoms with Crippen molar-refractivity contribution < 1.29 is 29.1 Å². The minimum Gasteiger partial charge on any atom is -0.476 e. The van der Waals surface area contributed by atoms with Gasteiger partial charge in [-0.3, -0.25) is 4.79 Å². The highest BCUT2D eigenvalue weighted by Gasteiger charge is 2.36. The van der Waals surface area contributed by atoms with Crippen molar-refractivity contribution in [1.82, 2.24) is 4.98 Å². The van der Waals surface area contributed by atoms with E-state index in [1.165, 1.54) is 19.2 Å². The number of ether oxygens (including phenoxy) is 1. The molecule has 24 heavy (non-hydrogen) atoms. The summed E-state index contributed by atoms with van der Waals surface area (Å²) in [7, 11) is 0. The van der Waals surface area contributed by atoms with Crippen molar-refractivity contribution in [2.45, 2.75) is 45.8 Å². The van der Waals surface area contributed by atoms with Crippen LogP contribution in [-0.4, -0.2) is 45.4 Å². The van der Waals surface area contributed by atoms with Crippen molar-refractivity contribution in [1.29, 1.82) is 0 Å². The monoisotopic (exact) mass is 357 g/mol. The first-order valence-corrected chi connectivity index (χ1v) is 7.73. The Kier molecular flexibility index (Phi) is 6.02. The molecule has 2 N–H and O–H groups in total. The molecule has 132 valence electrons. The lowest BCUT2D eigenvalue weighted by atomic mass is 10.1. The number of hydrogen-bond donors (Lipinski definition) is 2. The number of carbonyl (C=O) groups excluding carboxylic acids is 2. The number of oxime groups is 1. The largest absolute Gasteiger partial charge is 0.476 e. The van der Waals surface area contributed by atoms with Crippen LogP contribution in [0.1, 0.15) is 40.3 Å². The third kappa shape index (κ3) is 5.61. The first kappa shape index (κ1) is 19.6. The lowest BCUT2D eigenvalue weighted by Gasteiger charge is -2.26. The summed E-state index contributed by atoms with van der Waals surface area (Å²) in [5.74, 6) is -2.08. The van der Waals surface area contributed by atoms with Gasteiger partial charge in [-0.15, -0.1) is 11.3 Å². The summed E-state index contributed by atoms with van der Waals surface area (Å²) in [4.78, 5) is 42.7. The normalized spacial score (nSPS) is 12.5. The van der Waals surface area contributed by atoms with Crippen molar-refractivity contribution in [2.75, 3.05) is 5.32 Å². The molecule has 1 amide bonds. The van der Waals surface area contributed by atoms with Gasteiger partial charge in [-0.2, -0.15) is 0 Å². The lowest BCUT2D eigenvalue weighted by molar-refractivity contribution is -0.179. The molecule has 1 heterocycles. The van der Waals surface area contributed by atoms with E-state index in [1.54, 1.807) is 20.8 Å². The van der Waals surface area contributed by atoms with Gasteiger partial charge in [0.15, 0.2) is 5.13 Å². The van der Waals surface area contributed by atoms with Crippen LogP contribution < -0.4 is 5.32 Å². The Morgan fingerprint density at radius 1 is 1.33 bits per heavy atom. The van der Waals surface area contributed by atoms with E-state index in [4.69, 9.17) is 9.57 Å². The maximum atomic E-state index is 12.1. The summed E-state index contributed by atoms with van der Waals surface area (Å²) in [6.07, 6.45) is 0.419. The number of aliphatic carboxylic acids is 1. The molecular formula is C14H19N3O6S. The second-order valence-corrected chi connectivity index (χ2v) is 7.01. The Bertz CT molecular complexity index is 660. The molecule has 0 bridgehead atoms. The van der Waals surface area contributed by atoms with Crippen LogP contribution in [0.5, 0.6) is 0 Å². The number of aromatic nitrogens is 1. The van der Waals surface area contributed by atoms with Crippen LogP contribution in [0.25, 0.3) is 0 Å². The van der Waals surface area contributed by atoms with Crippen molar-refractivity contribution in [2.24, 2.45) is 5.16 Å². The Labute approximate surface area is 142 Å². The molecule has 0 spiro atoms. The fourth-order valence-electron chi connectivity index (χ4n) is 1.29. The van der Waals surface area contributed by atoms with Gasteiger partial charge in [0, 0.05) is 5.38 Å². The molecule has 9 nitrogen and oxygen atoms in total. The highest BCUT2D eigenvalue weighted by molar-refractivity contribution is 7.14. The summed E-state index contributed by atoms with van der Waals surface area (Å²) in [6, 6.07) is 0. The molecule has 0 aliphatic carbocycles. The van der Waals surface area contributed by atoms with E-state index in [-0.39, 0.29) is 10.8 Å². The lowest BCUT2D eigenvalue weighted by Crippen LogP contribution is -2.40. The summed E-state index contributed by atoms with van der Waals surface area (Å²) < 4.78 is 5.19. The molecule has 0 saturated heterocycles. The molecule has 0 fully saturated rings. The fourth-order valence-corrected chi connectivity index (χ4v) is 1.95. The van der Waals surface area contributed by atoms with E-state index >= 15 is 0 Å².